The van der Waals surface area contributed by atoms with Crippen LogP contribution in [0.5, 0.6) is 0 Å². The Balaban J connectivity index is 2.31. The van der Waals surface area contributed by atoms with Crippen LogP contribution in [0, 0.1) is 6.92 Å². The lowest BCUT2D eigenvalue weighted by molar-refractivity contribution is -0.137. The summed E-state index contributed by atoms with van der Waals surface area (Å²) in [6.07, 6.45) is 4.22. The molecule has 0 bridgehead atoms. The van der Waals surface area contributed by atoms with Crippen LogP contribution in [0.2, 0.25) is 0 Å². The predicted octanol–water partition coefficient (Wildman–Crippen LogP) is 2.11. The molecule has 1 amide bonds. The lowest BCUT2D eigenvalue weighted by Gasteiger charge is -2.08. The molecule has 1 heterocycles. The first kappa shape index (κ1) is 17.1. The Kier molecular flexibility index (Phi) is 7.36. The Bertz CT molecular complexity index is 489. The molecule has 0 aliphatic heterocycles. The van der Waals surface area contributed by atoms with Crippen molar-refractivity contribution in [2.24, 2.45) is 0 Å². The van der Waals surface area contributed by atoms with Gasteiger partial charge in [-0.15, -0.1) is 0 Å². The molecule has 0 unspecified atom stereocenters. The highest BCUT2D eigenvalue weighted by atomic mass is 16.4. The number of carbonyl (C=O) groups excluding carboxylic acids is 1. The van der Waals surface area contributed by atoms with E-state index in [-0.39, 0.29) is 12.3 Å². The Labute approximate surface area is 125 Å². The van der Waals surface area contributed by atoms with Gasteiger partial charge in [0.05, 0.1) is 17.0 Å². The van der Waals surface area contributed by atoms with E-state index in [4.69, 9.17) is 5.11 Å². The average Bonchev–Trinajstić information content (AvgIpc) is 2.45. The van der Waals surface area contributed by atoms with Crippen molar-refractivity contribution < 1.29 is 14.7 Å². The van der Waals surface area contributed by atoms with Crippen molar-refractivity contribution in [2.75, 3.05) is 6.54 Å². The zero-order valence-electron chi connectivity index (χ0n) is 12.7. The number of rotatable bonds is 9. The third-order valence-corrected chi connectivity index (χ3v) is 3.18. The number of hydrogen-bond donors (Lipinski definition) is 2. The van der Waals surface area contributed by atoms with Crippen LogP contribution >= 0.6 is 0 Å². The molecule has 0 atom stereocenters. The SMILES string of the molecule is CCc1nnc(C)cc1C(=O)NCCCCCCC(=O)O. The molecule has 1 aromatic heterocycles. The summed E-state index contributed by atoms with van der Waals surface area (Å²) in [5.41, 5.74) is 2.03. The maximum absolute atomic E-state index is 12.1. The monoisotopic (exact) mass is 293 g/mol. The van der Waals surface area contributed by atoms with Crippen molar-refractivity contribution in [3.05, 3.63) is 23.0 Å². The van der Waals surface area contributed by atoms with Gasteiger partial charge >= 0.3 is 5.97 Å². The fourth-order valence-corrected chi connectivity index (χ4v) is 2.02. The highest BCUT2D eigenvalue weighted by Gasteiger charge is 2.12. The Morgan fingerprint density at radius 2 is 1.90 bits per heavy atom. The van der Waals surface area contributed by atoms with E-state index in [1.54, 1.807) is 6.07 Å². The molecule has 0 saturated heterocycles. The van der Waals surface area contributed by atoms with E-state index < -0.39 is 5.97 Å². The Morgan fingerprint density at radius 3 is 2.57 bits per heavy atom. The zero-order valence-corrected chi connectivity index (χ0v) is 12.7. The second-order valence-electron chi connectivity index (χ2n) is 5.01. The number of unbranched alkanes of at least 4 members (excludes halogenated alkanes) is 3. The summed E-state index contributed by atoms with van der Waals surface area (Å²) in [5.74, 6) is -0.869. The van der Waals surface area contributed by atoms with E-state index in [0.717, 1.165) is 25.0 Å². The number of aryl methyl sites for hydroxylation is 2. The summed E-state index contributed by atoms with van der Waals surface area (Å²) >= 11 is 0. The van der Waals surface area contributed by atoms with Crippen LogP contribution in [0.1, 0.15) is 60.8 Å². The van der Waals surface area contributed by atoms with Gasteiger partial charge in [-0.2, -0.15) is 10.2 Å². The first-order chi connectivity index (χ1) is 10.0. The van der Waals surface area contributed by atoms with Gasteiger partial charge < -0.3 is 10.4 Å². The normalized spacial score (nSPS) is 10.4. The van der Waals surface area contributed by atoms with Crippen LogP contribution in [-0.4, -0.2) is 33.7 Å². The number of nitrogens with zero attached hydrogens (tertiary/aromatic N) is 2. The zero-order chi connectivity index (χ0) is 15.7. The van der Waals surface area contributed by atoms with Gasteiger partial charge in [-0.05, 0) is 32.3 Å². The number of nitrogens with one attached hydrogen (secondary N) is 1. The number of aromatic nitrogens is 2. The largest absolute Gasteiger partial charge is 0.481 e. The van der Waals surface area contributed by atoms with Crippen LogP contribution in [0.4, 0.5) is 0 Å². The maximum atomic E-state index is 12.1. The van der Waals surface area contributed by atoms with Crippen molar-refractivity contribution in [1.82, 2.24) is 15.5 Å². The summed E-state index contributed by atoms with van der Waals surface area (Å²) < 4.78 is 0. The summed E-state index contributed by atoms with van der Waals surface area (Å²) in [7, 11) is 0. The fraction of sp³-hybridized carbons (Fsp3) is 0.600. The number of carboxylic acids is 1. The molecule has 0 aliphatic rings. The van der Waals surface area contributed by atoms with E-state index in [0.29, 0.717) is 30.6 Å². The fourth-order valence-electron chi connectivity index (χ4n) is 2.02. The first-order valence-corrected chi connectivity index (χ1v) is 7.37. The molecule has 0 spiro atoms. The summed E-state index contributed by atoms with van der Waals surface area (Å²) in [4.78, 5) is 22.5. The quantitative estimate of drug-likeness (QED) is 0.680. The van der Waals surface area contributed by atoms with Crippen LogP contribution in [0.25, 0.3) is 0 Å². The lowest BCUT2D eigenvalue weighted by Crippen LogP contribution is -2.26. The van der Waals surface area contributed by atoms with E-state index in [1.807, 2.05) is 13.8 Å². The van der Waals surface area contributed by atoms with Gasteiger partial charge in [-0.25, -0.2) is 0 Å². The van der Waals surface area contributed by atoms with Gasteiger partial charge in [0, 0.05) is 13.0 Å². The molecule has 116 valence electrons. The van der Waals surface area contributed by atoms with Gasteiger partial charge in [0.2, 0.25) is 0 Å². The highest BCUT2D eigenvalue weighted by Crippen LogP contribution is 2.08. The van der Waals surface area contributed by atoms with Crippen molar-refractivity contribution in [1.29, 1.82) is 0 Å². The minimum atomic E-state index is -0.754. The minimum absolute atomic E-state index is 0.115. The summed E-state index contributed by atoms with van der Waals surface area (Å²) in [6, 6.07) is 1.76. The highest BCUT2D eigenvalue weighted by molar-refractivity contribution is 5.95. The molecule has 0 aromatic carbocycles. The molecular weight excluding hydrogens is 270 g/mol. The molecule has 1 aromatic rings. The van der Waals surface area contributed by atoms with Crippen LogP contribution in [0.15, 0.2) is 6.07 Å². The van der Waals surface area contributed by atoms with E-state index >= 15 is 0 Å². The smallest absolute Gasteiger partial charge is 0.303 e. The average molecular weight is 293 g/mol. The Hall–Kier alpha value is -1.98. The van der Waals surface area contributed by atoms with E-state index in [2.05, 4.69) is 15.5 Å². The van der Waals surface area contributed by atoms with Crippen molar-refractivity contribution >= 4 is 11.9 Å². The van der Waals surface area contributed by atoms with E-state index in [1.165, 1.54) is 0 Å². The van der Waals surface area contributed by atoms with Crippen LogP contribution in [0.3, 0.4) is 0 Å². The van der Waals surface area contributed by atoms with Gasteiger partial charge in [-0.3, -0.25) is 9.59 Å². The van der Waals surface area contributed by atoms with Crippen molar-refractivity contribution in [3.63, 3.8) is 0 Å². The van der Waals surface area contributed by atoms with Gasteiger partial charge in [-0.1, -0.05) is 19.8 Å². The third-order valence-electron chi connectivity index (χ3n) is 3.18. The van der Waals surface area contributed by atoms with E-state index in [9.17, 15) is 9.59 Å². The molecule has 6 nitrogen and oxygen atoms in total. The molecular formula is C15H23N3O3. The number of hydrogen-bond acceptors (Lipinski definition) is 4. The van der Waals surface area contributed by atoms with Crippen molar-refractivity contribution in [2.45, 2.75) is 52.4 Å². The number of amides is 1. The number of carbonyl (C=O) groups is 2. The summed E-state index contributed by atoms with van der Waals surface area (Å²) in [5, 5.41) is 19.4. The first-order valence-electron chi connectivity index (χ1n) is 7.37. The minimum Gasteiger partial charge on any atom is -0.481 e. The third kappa shape index (κ3) is 6.33. The molecule has 0 aliphatic carbocycles. The predicted molar refractivity (Wildman–Crippen MR) is 79.2 cm³/mol. The lowest BCUT2D eigenvalue weighted by atomic mass is 10.1. The van der Waals surface area contributed by atoms with Crippen LogP contribution in [-0.2, 0) is 11.2 Å². The molecule has 0 radical (unpaired) electrons. The number of aliphatic carboxylic acids is 1. The molecule has 2 N–H and O–H groups in total. The molecule has 21 heavy (non-hydrogen) atoms. The topological polar surface area (TPSA) is 92.2 Å². The van der Waals surface area contributed by atoms with Crippen LogP contribution < -0.4 is 5.32 Å². The Morgan fingerprint density at radius 1 is 1.19 bits per heavy atom. The van der Waals surface area contributed by atoms with Gasteiger partial charge in [0.15, 0.2) is 0 Å². The molecule has 0 saturated carbocycles. The molecule has 1 rings (SSSR count). The standard InChI is InChI=1S/C15H23N3O3/c1-3-13-12(10-11(2)17-18-13)15(21)16-9-7-5-4-6-8-14(19)20/h10H,3-9H2,1-2H3,(H,16,21)(H,19,20). The van der Waals surface area contributed by atoms with Gasteiger partial charge in [0.1, 0.15) is 0 Å². The molecule has 6 heteroatoms. The molecule has 0 fully saturated rings. The second kappa shape index (κ2) is 9.05. The maximum Gasteiger partial charge on any atom is 0.303 e. The summed E-state index contributed by atoms with van der Waals surface area (Å²) in [6.45, 7) is 4.35. The second-order valence-corrected chi connectivity index (χ2v) is 5.01. The van der Waals surface area contributed by atoms with Gasteiger partial charge in [0.25, 0.3) is 5.91 Å². The van der Waals surface area contributed by atoms with Crippen molar-refractivity contribution in [3.8, 4) is 0 Å². The number of carboxylic acid groups (broad SMARTS) is 1.